The number of rotatable bonds is 4. The highest BCUT2D eigenvalue weighted by Gasteiger charge is 2.48. The van der Waals surface area contributed by atoms with Gasteiger partial charge in [0.1, 0.15) is 6.17 Å². The van der Waals surface area contributed by atoms with Gasteiger partial charge in [-0.2, -0.15) is 0 Å². The third-order valence-corrected chi connectivity index (χ3v) is 9.65. The molecule has 6 nitrogen and oxygen atoms in total. The molecule has 2 N–H and O–H groups in total. The molecule has 2 amide bonds. The summed E-state index contributed by atoms with van der Waals surface area (Å²) in [5.41, 5.74) is 9.09. The van der Waals surface area contributed by atoms with Crippen LogP contribution in [0.25, 0.3) is 11.1 Å². The molecule has 3 fully saturated rings. The number of nitrogens with two attached hydrogens (primary N) is 1. The Morgan fingerprint density at radius 1 is 0.975 bits per heavy atom. The first-order chi connectivity index (χ1) is 19.4. The second-order valence-electron chi connectivity index (χ2n) is 12.0. The van der Waals surface area contributed by atoms with E-state index in [1.807, 2.05) is 82.4 Å². The molecule has 0 radical (unpaired) electrons. The molecule has 0 unspecified atom stereocenters. The molecule has 6 rings (SSSR count). The molecule has 4 atom stereocenters. The van der Waals surface area contributed by atoms with E-state index in [1.54, 1.807) is 11.0 Å². The molecule has 2 saturated heterocycles. The maximum atomic E-state index is 14.8. The van der Waals surface area contributed by atoms with Gasteiger partial charge >= 0.3 is 6.03 Å². The van der Waals surface area contributed by atoms with Crippen LogP contribution in [0.4, 0.5) is 9.18 Å². The van der Waals surface area contributed by atoms with Crippen LogP contribution in [0.1, 0.15) is 50.1 Å². The van der Waals surface area contributed by atoms with Crippen molar-refractivity contribution in [1.29, 1.82) is 0 Å². The van der Waals surface area contributed by atoms with Crippen molar-refractivity contribution >= 4 is 6.03 Å². The van der Waals surface area contributed by atoms with Crippen LogP contribution in [0.15, 0.2) is 83.8 Å². The van der Waals surface area contributed by atoms with Crippen LogP contribution in [0.5, 0.6) is 0 Å². The normalized spacial score (nSPS) is 26.2. The molecule has 7 heteroatoms. The van der Waals surface area contributed by atoms with E-state index in [1.165, 1.54) is 0 Å². The Balaban J connectivity index is 1.21. The van der Waals surface area contributed by atoms with Crippen molar-refractivity contribution in [3.8, 4) is 11.1 Å². The predicted octanol–water partition coefficient (Wildman–Crippen LogP) is 5.63. The zero-order chi connectivity index (χ0) is 27.7. The monoisotopic (exact) mass is 542 g/mol. The van der Waals surface area contributed by atoms with Crippen molar-refractivity contribution in [1.82, 2.24) is 14.4 Å². The van der Waals surface area contributed by atoms with Crippen molar-refractivity contribution in [3.63, 3.8) is 0 Å². The third-order valence-electron chi connectivity index (χ3n) is 9.65. The summed E-state index contributed by atoms with van der Waals surface area (Å²) in [5, 5.41) is 0. The second-order valence-corrected chi connectivity index (χ2v) is 12.0. The smallest absolute Gasteiger partial charge is 0.320 e. The zero-order valence-corrected chi connectivity index (χ0v) is 23.0. The Morgan fingerprint density at radius 2 is 1.68 bits per heavy atom. The maximum absolute atomic E-state index is 14.8. The molecule has 1 spiro atoms. The SMILES string of the molecule is N[C@H]1C[C@@H](c2ccccc2)N(C(=O)N2CC[C@@H](Cn3ccc(-c4ccccc4)cc3=O)C3(CCCC3)C2)C[C@H]1F. The standard InChI is InChI=1S/C33H39FN4O2/c34-28-22-38(30(20-29(28)35)25-11-5-2-6-12-25)32(40)37-18-14-27(33(23-37)15-7-8-16-33)21-36-17-13-26(19-31(36)39)24-9-3-1-4-10-24/h1-6,9-13,17,19,27-30H,7-8,14-16,18,20-23,35H2/t27-,28+,29-,30-/m0/s1. The summed E-state index contributed by atoms with van der Waals surface area (Å²) in [4.78, 5) is 30.8. The zero-order valence-electron chi connectivity index (χ0n) is 23.0. The summed E-state index contributed by atoms with van der Waals surface area (Å²) in [6.07, 6.45) is 6.33. The van der Waals surface area contributed by atoms with Gasteiger partial charge in [0.05, 0.1) is 12.6 Å². The molecule has 210 valence electrons. The van der Waals surface area contributed by atoms with Gasteiger partial charge < -0.3 is 20.1 Å². The van der Waals surface area contributed by atoms with Crippen molar-refractivity contribution in [2.24, 2.45) is 17.1 Å². The number of likely N-dealkylation sites (tertiary alicyclic amines) is 2. The van der Waals surface area contributed by atoms with Gasteiger partial charge in [-0.3, -0.25) is 4.79 Å². The molecule has 1 aliphatic carbocycles. The molecular weight excluding hydrogens is 503 g/mol. The van der Waals surface area contributed by atoms with Crippen LogP contribution >= 0.6 is 0 Å². The number of carbonyl (C=O) groups is 1. The molecule has 3 aliphatic rings. The molecular formula is C33H39FN4O2. The van der Waals surface area contributed by atoms with E-state index >= 15 is 0 Å². The Bertz CT molecular complexity index is 1370. The molecule has 0 bridgehead atoms. The Hall–Kier alpha value is -3.45. The highest BCUT2D eigenvalue weighted by molar-refractivity contribution is 5.75. The van der Waals surface area contributed by atoms with E-state index in [9.17, 15) is 14.0 Å². The minimum Gasteiger partial charge on any atom is -0.325 e. The summed E-state index contributed by atoms with van der Waals surface area (Å²) >= 11 is 0. The highest BCUT2D eigenvalue weighted by Crippen LogP contribution is 2.49. The quantitative estimate of drug-likeness (QED) is 0.465. The number of pyridine rings is 1. The third kappa shape index (κ3) is 5.19. The molecule has 2 aromatic carbocycles. The number of amides is 2. The fourth-order valence-electron chi connectivity index (χ4n) is 7.37. The van der Waals surface area contributed by atoms with Gasteiger partial charge in [-0.1, -0.05) is 73.5 Å². The van der Waals surface area contributed by atoms with Gasteiger partial charge in [-0.05, 0) is 59.8 Å². The van der Waals surface area contributed by atoms with Crippen molar-refractivity contribution in [2.75, 3.05) is 19.6 Å². The largest absolute Gasteiger partial charge is 0.325 e. The van der Waals surface area contributed by atoms with Gasteiger partial charge in [0.15, 0.2) is 0 Å². The maximum Gasteiger partial charge on any atom is 0.320 e. The summed E-state index contributed by atoms with van der Waals surface area (Å²) in [5.74, 6) is 0.313. The number of hydrogen-bond donors (Lipinski definition) is 1. The molecule has 1 saturated carbocycles. The predicted molar refractivity (Wildman–Crippen MR) is 155 cm³/mol. The summed E-state index contributed by atoms with van der Waals surface area (Å²) < 4.78 is 16.7. The number of hydrogen-bond acceptors (Lipinski definition) is 3. The number of alkyl halides is 1. The number of carbonyl (C=O) groups excluding carboxylic acids is 1. The first-order valence-corrected chi connectivity index (χ1v) is 14.7. The lowest BCUT2D eigenvalue weighted by molar-refractivity contribution is 0.0137. The van der Waals surface area contributed by atoms with E-state index in [2.05, 4.69) is 0 Å². The van der Waals surface area contributed by atoms with Crippen LogP contribution in [0.3, 0.4) is 0 Å². The average Bonchev–Trinajstić information content (AvgIpc) is 3.45. The van der Waals surface area contributed by atoms with Crippen LogP contribution in [0.2, 0.25) is 0 Å². The van der Waals surface area contributed by atoms with Crippen LogP contribution in [0, 0.1) is 11.3 Å². The number of nitrogens with zero attached hydrogens (tertiary/aromatic N) is 3. The Morgan fingerprint density at radius 3 is 2.38 bits per heavy atom. The minimum atomic E-state index is -1.23. The van der Waals surface area contributed by atoms with Gasteiger partial charge in [0.25, 0.3) is 5.56 Å². The first-order valence-electron chi connectivity index (χ1n) is 14.7. The van der Waals surface area contributed by atoms with Gasteiger partial charge in [-0.15, -0.1) is 0 Å². The first kappa shape index (κ1) is 26.8. The van der Waals surface area contributed by atoms with E-state index in [4.69, 9.17) is 5.73 Å². The molecule has 1 aromatic heterocycles. The molecule has 3 heterocycles. The summed E-state index contributed by atoms with van der Waals surface area (Å²) in [6.45, 7) is 1.96. The number of benzene rings is 2. The molecule has 40 heavy (non-hydrogen) atoms. The lowest BCUT2D eigenvalue weighted by atomic mass is 9.69. The van der Waals surface area contributed by atoms with Crippen molar-refractivity contribution in [3.05, 3.63) is 94.9 Å². The fourth-order valence-corrected chi connectivity index (χ4v) is 7.37. The van der Waals surface area contributed by atoms with E-state index in [-0.39, 0.29) is 29.6 Å². The van der Waals surface area contributed by atoms with Crippen LogP contribution < -0.4 is 11.3 Å². The van der Waals surface area contributed by atoms with Gasteiger partial charge in [0.2, 0.25) is 0 Å². The van der Waals surface area contributed by atoms with E-state index in [0.717, 1.165) is 48.8 Å². The lowest BCUT2D eigenvalue weighted by Gasteiger charge is -2.49. The Labute approximate surface area is 235 Å². The van der Waals surface area contributed by atoms with Crippen LogP contribution in [-0.2, 0) is 6.54 Å². The average molecular weight is 543 g/mol. The molecule has 3 aromatic rings. The summed E-state index contributed by atoms with van der Waals surface area (Å²) in [6, 6.07) is 22.7. The second kappa shape index (κ2) is 11.2. The lowest BCUT2D eigenvalue weighted by Crippen LogP contribution is -2.59. The number of aromatic nitrogens is 1. The summed E-state index contributed by atoms with van der Waals surface area (Å²) in [7, 11) is 0. The van der Waals surface area contributed by atoms with Crippen LogP contribution in [-0.4, -0.2) is 52.2 Å². The number of urea groups is 1. The van der Waals surface area contributed by atoms with Gasteiger partial charge in [0, 0.05) is 37.9 Å². The van der Waals surface area contributed by atoms with Crippen molar-refractivity contribution in [2.45, 2.75) is 63.3 Å². The van der Waals surface area contributed by atoms with E-state index in [0.29, 0.717) is 32.0 Å². The van der Waals surface area contributed by atoms with Gasteiger partial charge in [-0.25, -0.2) is 9.18 Å². The van der Waals surface area contributed by atoms with Crippen molar-refractivity contribution < 1.29 is 9.18 Å². The van der Waals surface area contributed by atoms with E-state index < -0.39 is 12.2 Å². The minimum absolute atomic E-state index is 0.0114. The Kier molecular flexibility index (Phi) is 7.49. The highest BCUT2D eigenvalue weighted by atomic mass is 19.1. The number of piperidine rings is 2. The molecule has 2 aliphatic heterocycles. The fraction of sp³-hybridized carbons (Fsp3) is 0.455. The number of halogens is 1. The topological polar surface area (TPSA) is 71.6 Å².